The number of rotatable bonds is 2. The smallest absolute Gasteiger partial charge is 0.155 e. The molecule has 1 heterocycles. The zero-order chi connectivity index (χ0) is 13.2. The quantitative estimate of drug-likeness (QED) is 0.755. The minimum atomic E-state index is -0.398. The molecule has 0 bridgehead atoms. The van der Waals surface area contributed by atoms with Crippen molar-refractivity contribution >= 4 is 12.0 Å². The van der Waals surface area contributed by atoms with E-state index >= 15 is 0 Å². The number of anilines is 1. The average Bonchev–Trinajstić information content (AvgIpc) is 2.46. The first-order valence-corrected chi connectivity index (χ1v) is 7.31. The third-order valence-electron chi connectivity index (χ3n) is 4.70. The summed E-state index contributed by atoms with van der Waals surface area (Å²) in [6.07, 6.45) is 8.13. The fourth-order valence-corrected chi connectivity index (χ4v) is 3.82. The molecule has 0 aromatic heterocycles. The van der Waals surface area contributed by atoms with Crippen LogP contribution in [-0.2, 0) is 0 Å². The van der Waals surface area contributed by atoms with Gasteiger partial charge >= 0.3 is 0 Å². The van der Waals surface area contributed by atoms with Crippen molar-refractivity contribution in [3.05, 3.63) is 29.6 Å². The SMILES string of the molecule is O=Cc1c(F)cccc1N1CCCC2CCCCC21. The van der Waals surface area contributed by atoms with Crippen LogP contribution in [0.2, 0.25) is 0 Å². The molecular formula is C16H20FNO. The van der Waals surface area contributed by atoms with Crippen LogP contribution in [0.15, 0.2) is 18.2 Å². The zero-order valence-corrected chi connectivity index (χ0v) is 11.1. The van der Waals surface area contributed by atoms with E-state index in [-0.39, 0.29) is 5.56 Å². The van der Waals surface area contributed by atoms with E-state index < -0.39 is 5.82 Å². The van der Waals surface area contributed by atoms with Crippen molar-refractivity contribution in [1.82, 2.24) is 0 Å². The van der Waals surface area contributed by atoms with E-state index in [1.54, 1.807) is 6.07 Å². The molecule has 0 radical (unpaired) electrons. The Labute approximate surface area is 113 Å². The zero-order valence-electron chi connectivity index (χ0n) is 11.1. The first kappa shape index (κ1) is 12.6. The monoisotopic (exact) mass is 261 g/mol. The molecule has 2 atom stereocenters. The summed E-state index contributed by atoms with van der Waals surface area (Å²) >= 11 is 0. The average molecular weight is 261 g/mol. The molecule has 0 N–H and O–H groups in total. The van der Waals surface area contributed by atoms with Crippen molar-refractivity contribution < 1.29 is 9.18 Å². The van der Waals surface area contributed by atoms with Crippen LogP contribution >= 0.6 is 0 Å². The van der Waals surface area contributed by atoms with E-state index in [2.05, 4.69) is 4.90 Å². The van der Waals surface area contributed by atoms with Crippen molar-refractivity contribution in [3.8, 4) is 0 Å². The molecule has 102 valence electrons. The van der Waals surface area contributed by atoms with Gasteiger partial charge in [-0.25, -0.2) is 4.39 Å². The second-order valence-corrected chi connectivity index (χ2v) is 5.74. The second kappa shape index (κ2) is 5.32. The number of carbonyl (C=O) groups is 1. The van der Waals surface area contributed by atoms with Crippen LogP contribution in [0.4, 0.5) is 10.1 Å². The third-order valence-corrected chi connectivity index (χ3v) is 4.70. The van der Waals surface area contributed by atoms with Crippen LogP contribution in [0.25, 0.3) is 0 Å². The van der Waals surface area contributed by atoms with Crippen molar-refractivity contribution in [1.29, 1.82) is 0 Å². The number of hydrogen-bond donors (Lipinski definition) is 0. The van der Waals surface area contributed by atoms with Crippen molar-refractivity contribution in [2.24, 2.45) is 5.92 Å². The lowest BCUT2D eigenvalue weighted by atomic mass is 9.78. The number of hydrogen-bond acceptors (Lipinski definition) is 2. The highest BCUT2D eigenvalue weighted by Gasteiger charge is 2.34. The highest BCUT2D eigenvalue weighted by molar-refractivity contribution is 5.85. The maximum Gasteiger partial charge on any atom is 0.155 e. The summed E-state index contributed by atoms with van der Waals surface area (Å²) in [5.74, 6) is 0.329. The number of piperidine rings is 1. The number of halogens is 1. The van der Waals surface area contributed by atoms with Gasteiger partial charge in [0.05, 0.1) is 11.3 Å². The van der Waals surface area contributed by atoms with Gasteiger partial charge in [-0.05, 0) is 43.7 Å². The van der Waals surface area contributed by atoms with Crippen LogP contribution in [0, 0.1) is 11.7 Å². The number of benzene rings is 1. The number of nitrogens with zero attached hydrogens (tertiary/aromatic N) is 1. The first-order chi connectivity index (χ1) is 9.31. The topological polar surface area (TPSA) is 20.3 Å². The Bertz CT molecular complexity index is 472. The fraction of sp³-hybridized carbons (Fsp3) is 0.562. The van der Waals surface area contributed by atoms with Crippen LogP contribution in [0.3, 0.4) is 0 Å². The normalized spacial score (nSPS) is 26.9. The minimum Gasteiger partial charge on any atom is -0.368 e. The third kappa shape index (κ3) is 2.26. The molecule has 1 aromatic rings. The lowest BCUT2D eigenvalue weighted by Crippen LogP contribution is -2.47. The summed E-state index contributed by atoms with van der Waals surface area (Å²) < 4.78 is 13.8. The minimum absolute atomic E-state index is 0.230. The Balaban J connectivity index is 1.96. The Morgan fingerprint density at radius 2 is 1.95 bits per heavy atom. The Morgan fingerprint density at radius 1 is 1.16 bits per heavy atom. The maximum absolute atomic E-state index is 13.8. The van der Waals surface area contributed by atoms with E-state index in [4.69, 9.17) is 0 Å². The Kier molecular flexibility index (Phi) is 3.54. The molecule has 2 unspecified atom stereocenters. The van der Waals surface area contributed by atoms with E-state index in [1.807, 2.05) is 6.07 Å². The molecule has 1 aliphatic carbocycles. The number of aldehydes is 1. The van der Waals surface area contributed by atoms with Gasteiger partial charge < -0.3 is 4.90 Å². The molecule has 19 heavy (non-hydrogen) atoms. The number of carbonyl (C=O) groups excluding carboxylic acids is 1. The van der Waals surface area contributed by atoms with Crippen molar-refractivity contribution in [2.45, 2.75) is 44.6 Å². The van der Waals surface area contributed by atoms with Crippen LogP contribution < -0.4 is 4.90 Å². The molecular weight excluding hydrogens is 241 g/mol. The van der Waals surface area contributed by atoms with Gasteiger partial charge in [0.1, 0.15) is 5.82 Å². The Hall–Kier alpha value is -1.38. The standard InChI is InChI=1S/C16H20FNO/c17-14-7-3-9-16(13(14)11-19)18-10-4-6-12-5-1-2-8-15(12)18/h3,7,9,11-12,15H,1-2,4-6,8,10H2. The van der Waals surface area contributed by atoms with E-state index in [0.717, 1.165) is 24.6 Å². The fourth-order valence-electron chi connectivity index (χ4n) is 3.82. The molecule has 1 saturated heterocycles. The van der Waals surface area contributed by atoms with Crippen molar-refractivity contribution in [2.75, 3.05) is 11.4 Å². The molecule has 3 heteroatoms. The van der Waals surface area contributed by atoms with Gasteiger partial charge in [0.25, 0.3) is 0 Å². The van der Waals surface area contributed by atoms with Gasteiger partial charge in [0.2, 0.25) is 0 Å². The van der Waals surface area contributed by atoms with Gasteiger partial charge in [0, 0.05) is 12.6 Å². The summed E-state index contributed by atoms with van der Waals surface area (Å²) in [6.45, 7) is 0.950. The molecule has 1 saturated carbocycles. The largest absolute Gasteiger partial charge is 0.368 e. The molecule has 0 spiro atoms. The second-order valence-electron chi connectivity index (χ2n) is 5.74. The van der Waals surface area contributed by atoms with Crippen molar-refractivity contribution in [3.63, 3.8) is 0 Å². The van der Waals surface area contributed by atoms with Gasteiger partial charge in [-0.3, -0.25) is 4.79 Å². The van der Waals surface area contributed by atoms with E-state index in [1.165, 1.54) is 38.2 Å². The van der Waals surface area contributed by atoms with Gasteiger partial charge in [-0.15, -0.1) is 0 Å². The van der Waals surface area contributed by atoms with Crippen LogP contribution in [-0.4, -0.2) is 18.9 Å². The predicted molar refractivity (Wildman–Crippen MR) is 74.1 cm³/mol. The van der Waals surface area contributed by atoms with E-state index in [0.29, 0.717) is 12.3 Å². The molecule has 2 aliphatic rings. The van der Waals surface area contributed by atoms with E-state index in [9.17, 15) is 9.18 Å². The first-order valence-electron chi connectivity index (χ1n) is 7.31. The number of fused-ring (bicyclic) bond motifs is 1. The molecule has 0 amide bonds. The molecule has 2 nitrogen and oxygen atoms in total. The van der Waals surface area contributed by atoms with Crippen LogP contribution in [0.1, 0.15) is 48.9 Å². The van der Waals surface area contributed by atoms with Gasteiger partial charge in [0.15, 0.2) is 6.29 Å². The lowest BCUT2D eigenvalue weighted by molar-refractivity contribution is 0.111. The lowest BCUT2D eigenvalue weighted by Gasteiger charge is -2.45. The summed E-state index contributed by atoms with van der Waals surface area (Å²) in [7, 11) is 0. The molecule has 1 aliphatic heterocycles. The molecule has 2 fully saturated rings. The molecule has 3 rings (SSSR count). The van der Waals surface area contributed by atoms with Gasteiger partial charge in [-0.2, -0.15) is 0 Å². The highest BCUT2D eigenvalue weighted by atomic mass is 19.1. The Morgan fingerprint density at radius 3 is 2.79 bits per heavy atom. The predicted octanol–water partition coefficient (Wildman–Crippen LogP) is 3.80. The summed E-state index contributed by atoms with van der Waals surface area (Å²) in [6, 6.07) is 5.48. The summed E-state index contributed by atoms with van der Waals surface area (Å²) in [5.41, 5.74) is 1.03. The highest BCUT2D eigenvalue weighted by Crippen LogP contribution is 2.38. The van der Waals surface area contributed by atoms with Crippen LogP contribution in [0.5, 0.6) is 0 Å². The molecule has 1 aromatic carbocycles. The summed E-state index contributed by atoms with van der Waals surface area (Å²) in [4.78, 5) is 13.5. The summed E-state index contributed by atoms with van der Waals surface area (Å²) in [5, 5.41) is 0. The maximum atomic E-state index is 13.8. The van der Waals surface area contributed by atoms with Gasteiger partial charge in [-0.1, -0.05) is 18.9 Å².